The van der Waals surface area contributed by atoms with Crippen molar-refractivity contribution in [2.45, 2.75) is 23.8 Å². The molecular weight excluding hydrogens is 335 g/mol. The van der Waals surface area contributed by atoms with Crippen LogP contribution in [0.4, 0.5) is 4.39 Å². The van der Waals surface area contributed by atoms with Crippen LogP contribution in [0.15, 0.2) is 17.0 Å². The van der Waals surface area contributed by atoms with E-state index in [1.165, 1.54) is 18.5 Å². The molecule has 0 radical (unpaired) electrons. The summed E-state index contributed by atoms with van der Waals surface area (Å²) in [6, 6.07) is 2.16. The molecular formula is C13H20ClFN2O4S. The van der Waals surface area contributed by atoms with Gasteiger partial charge in [-0.15, -0.1) is 12.4 Å². The monoisotopic (exact) mass is 354 g/mol. The van der Waals surface area contributed by atoms with E-state index in [1.54, 1.807) is 0 Å². The van der Waals surface area contributed by atoms with Gasteiger partial charge in [-0.25, -0.2) is 12.8 Å². The van der Waals surface area contributed by atoms with Gasteiger partial charge in [-0.2, -0.15) is 4.31 Å². The van der Waals surface area contributed by atoms with Crippen molar-refractivity contribution >= 4 is 22.4 Å². The fourth-order valence-electron chi connectivity index (χ4n) is 2.29. The standard InChI is InChI=1S/C13H19FN2O4S.ClH/c1-19-11-7-10(14)13(8-12(11)20-2)21(17,18)16-5-3-9(15)4-6-16;/h7-9H,3-6,15H2,1-2H3;1H. The van der Waals surface area contributed by atoms with Gasteiger partial charge in [0.2, 0.25) is 10.0 Å². The molecule has 0 bridgehead atoms. The molecule has 1 aliphatic heterocycles. The minimum absolute atomic E-state index is 0. The second-order valence-electron chi connectivity index (χ2n) is 4.88. The predicted octanol–water partition coefficient (Wildman–Crippen LogP) is 1.38. The van der Waals surface area contributed by atoms with Gasteiger partial charge < -0.3 is 15.2 Å². The van der Waals surface area contributed by atoms with E-state index in [1.807, 2.05) is 0 Å². The Morgan fingerprint density at radius 1 is 1.18 bits per heavy atom. The summed E-state index contributed by atoms with van der Waals surface area (Å²) in [5.74, 6) is -0.539. The first-order chi connectivity index (χ1) is 9.90. The van der Waals surface area contributed by atoms with Gasteiger partial charge in [-0.1, -0.05) is 0 Å². The van der Waals surface area contributed by atoms with E-state index in [9.17, 15) is 12.8 Å². The molecule has 2 N–H and O–H groups in total. The molecule has 1 aliphatic rings. The fraction of sp³-hybridized carbons (Fsp3) is 0.538. The van der Waals surface area contributed by atoms with Crippen LogP contribution in [0, 0.1) is 5.82 Å². The van der Waals surface area contributed by atoms with Gasteiger partial charge in [0.25, 0.3) is 0 Å². The van der Waals surface area contributed by atoms with Crippen molar-refractivity contribution in [2.75, 3.05) is 27.3 Å². The zero-order chi connectivity index (χ0) is 15.6. The lowest BCUT2D eigenvalue weighted by Gasteiger charge is -2.29. The molecule has 22 heavy (non-hydrogen) atoms. The molecule has 0 unspecified atom stereocenters. The zero-order valence-electron chi connectivity index (χ0n) is 12.4. The number of ether oxygens (including phenoxy) is 2. The molecule has 126 valence electrons. The van der Waals surface area contributed by atoms with Gasteiger partial charge in [0.15, 0.2) is 11.5 Å². The highest BCUT2D eigenvalue weighted by molar-refractivity contribution is 7.89. The second-order valence-corrected chi connectivity index (χ2v) is 6.79. The van der Waals surface area contributed by atoms with Crippen LogP contribution < -0.4 is 15.2 Å². The summed E-state index contributed by atoms with van der Waals surface area (Å²) in [6.07, 6.45) is 1.13. The Morgan fingerprint density at radius 3 is 2.18 bits per heavy atom. The lowest BCUT2D eigenvalue weighted by molar-refractivity contribution is 0.317. The van der Waals surface area contributed by atoms with Crippen molar-refractivity contribution in [3.63, 3.8) is 0 Å². The fourth-order valence-corrected chi connectivity index (χ4v) is 3.82. The van der Waals surface area contributed by atoms with E-state index in [0.29, 0.717) is 12.8 Å². The highest BCUT2D eigenvalue weighted by Gasteiger charge is 2.31. The molecule has 1 fully saturated rings. The quantitative estimate of drug-likeness (QED) is 0.883. The van der Waals surface area contributed by atoms with Crippen LogP contribution in [-0.2, 0) is 10.0 Å². The molecule has 0 aromatic heterocycles. The van der Waals surface area contributed by atoms with Crippen molar-refractivity contribution in [3.05, 3.63) is 17.9 Å². The molecule has 1 aromatic carbocycles. The van der Waals surface area contributed by atoms with Crippen LogP contribution in [0.2, 0.25) is 0 Å². The first-order valence-corrected chi connectivity index (χ1v) is 8.01. The topological polar surface area (TPSA) is 81.9 Å². The van der Waals surface area contributed by atoms with Crippen LogP contribution in [0.1, 0.15) is 12.8 Å². The summed E-state index contributed by atoms with van der Waals surface area (Å²) in [6.45, 7) is 0.578. The number of hydrogen-bond donors (Lipinski definition) is 1. The Balaban J connectivity index is 0.00000242. The number of rotatable bonds is 4. The van der Waals surface area contributed by atoms with Crippen molar-refractivity contribution in [1.29, 1.82) is 0 Å². The number of piperidine rings is 1. The lowest BCUT2D eigenvalue weighted by atomic mass is 10.1. The van der Waals surface area contributed by atoms with Crippen LogP contribution in [0.25, 0.3) is 0 Å². The molecule has 2 rings (SSSR count). The van der Waals surface area contributed by atoms with Crippen molar-refractivity contribution < 1.29 is 22.3 Å². The van der Waals surface area contributed by atoms with E-state index in [4.69, 9.17) is 15.2 Å². The van der Waals surface area contributed by atoms with Crippen molar-refractivity contribution in [3.8, 4) is 11.5 Å². The number of halogens is 2. The average Bonchev–Trinajstić information content (AvgIpc) is 2.47. The Kier molecular flexibility index (Phi) is 6.42. The van der Waals surface area contributed by atoms with E-state index >= 15 is 0 Å². The maximum atomic E-state index is 14.1. The Bertz CT molecular complexity index is 619. The maximum Gasteiger partial charge on any atom is 0.246 e. The Hall–Kier alpha value is -1.09. The van der Waals surface area contributed by atoms with Gasteiger partial charge >= 0.3 is 0 Å². The summed E-state index contributed by atoms with van der Waals surface area (Å²) < 4.78 is 50.4. The number of sulfonamides is 1. The number of nitrogens with zero attached hydrogens (tertiary/aromatic N) is 1. The summed E-state index contributed by atoms with van der Waals surface area (Å²) in [4.78, 5) is -0.407. The van der Waals surface area contributed by atoms with Crippen LogP contribution in [0.3, 0.4) is 0 Å². The minimum Gasteiger partial charge on any atom is -0.493 e. The Labute approximate surface area is 135 Å². The molecule has 0 saturated carbocycles. The summed E-state index contributed by atoms with van der Waals surface area (Å²) in [5, 5.41) is 0. The van der Waals surface area contributed by atoms with Crippen LogP contribution >= 0.6 is 12.4 Å². The van der Waals surface area contributed by atoms with Gasteiger partial charge in [0, 0.05) is 31.3 Å². The molecule has 0 atom stereocenters. The molecule has 0 amide bonds. The number of hydrogen-bond acceptors (Lipinski definition) is 5. The third-order valence-electron chi connectivity index (χ3n) is 3.55. The van der Waals surface area contributed by atoms with E-state index in [-0.39, 0.29) is 43.0 Å². The molecule has 0 spiro atoms. The average molecular weight is 355 g/mol. The number of benzene rings is 1. The summed E-state index contributed by atoms with van der Waals surface area (Å²) >= 11 is 0. The number of nitrogens with two attached hydrogens (primary N) is 1. The predicted molar refractivity (Wildman–Crippen MR) is 82.7 cm³/mol. The molecule has 0 aliphatic carbocycles. The van der Waals surface area contributed by atoms with Gasteiger partial charge in [-0.05, 0) is 12.8 Å². The van der Waals surface area contributed by atoms with Crippen molar-refractivity contribution in [1.82, 2.24) is 4.31 Å². The zero-order valence-corrected chi connectivity index (χ0v) is 14.0. The van der Waals surface area contributed by atoms with Crippen LogP contribution in [-0.4, -0.2) is 46.1 Å². The van der Waals surface area contributed by atoms with Crippen molar-refractivity contribution in [2.24, 2.45) is 5.73 Å². The molecule has 9 heteroatoms. The first kappa shape index (κ1) is 19.0. The van der Waals surface area contributed by atoms with Crippen LogP contribution in [0.5, 0.6) is 11.5 Å². The summed E-state index contributed by atoms with van der Waals surface area (Å²) in [5.41, 5.74) is 5.76. The molecule has 1 aromatic rings. The number of methoxy groups -OCH3 is 2. The second kappa shape index (κ2) is 7.45. The van der Waals surface area contributed by atoms with Gasteiger partial charge in [0.1, 0.15) is 10.7 Å². The Morgan fingerprint density at radius 2 is 1.68 bits per heavy atom. The lowest BCUT2D eigenvalue weighted by Crippen LogP contribution is -2.43. The minimum atomic E-state index is -3.91. The maximum absolute atomic E-state index is 14.1. The summed E-state index contributed by atoms with van der Waals surface area (Å²) in [7, 11) is -1.18. The van der Waals surface area contributed by atoms with Gasteiger partial charge in [-0.3, -0.25) is 0 Å². The van der Waals surface area contributed by atoms with E-state index in [0.717, 1.165) is 12.1 Å². The molecule has 1 heterocycles. The highest BCUT2D eigenvalue weighted by Crippen LogP contribution is 2.33. The van der Waals surface area contributed by atoms with Gasteiger partial charge in [0.05, 0.1) is 14.2 Å². The van der Waals surface area contributed by atoms with E-state index in [2.05, 4.69) is 0 Å². The SMILES string of the molecule is COc1cc(F)c(S(=O)(=O)N2CCC(N)CC2)cc1OC.Cl. The smallest absolute Gasteiger partial charge is 0.246 e. The third kappa shape index (κ3) is 3.62. The first-order valence-electron chi connectivity index (χ1n) is 6.57. The third-order valence-corrected chi connectivity index (χ3v) is 5.47. The van der Waals surface area contributed by atoms with E-state index < -0.39 is 20.7 Å². The molecule has 6 nitrogen and oxygen atoms in total. The highest BCUT2D eigenvalue weighted by atomic mass is 35.5. The largest absolute Gasteiger partial charge is 0.493 e. The normalized spacial score (nSPS) is 16.9. The molecule has 1 saturated heterocycles.